The quantitative estimate of drug-likeness (QED) is 0.938. The van der Waals surface area contributed by atoms with E-state index in [-0.39, 0.29) is 12.5 Å². The molecule has 0 aromatic heterocycles. The summed E-state index contributed by atoms with van der Waals surface area (Å²) in [5.74, 6) is -0.764. The lowest BCUT2D eigenvalue weighted by molar-refractivity contribution is -0.139. The maximum Gasteiger partial charge on any atom is 0.305 e. The summed E-state index contributed by atoms with van der Waals surface area (Å²) in [4.78, 5) is 13.4. The molecule has 4 nitrogen and oxygen atoms in total. The molecule has 1 aliphatic heterocycles. The first-order valence-electron chi connectivity index (χ1n) is 7.26. The number of morpholine rings is 1. The van der Waals surface area contributed by atoms with Gasteiger partial charge in [0.15, 0.2) is 0 Å². The summed E-state index contributed by atoms with van der Waals surface area (Å²) in [6, 6.07) is 14.3. The molecule has 2 aromatic rings. The van der Waals surface area contributed by atoms with Gasteiger partial charge in [-0.2, -0.15) is 0 Å². The molecule has 0 spiro atoms. The van der Waals surface area contributed by atoms with Crippen LogP contribution < -0.4 is 0 Å². The fourth-order valence-electron chi connectivity index (χ4n) is 2.93. The number of carbonyl (C=O) groups is 1. The number of fused-ring (bicyclic) bond motifs is 1. The predicted molar refractivity (Wildman–Crippen MR) is 81.3 cm³/mol. The van der Waals surface area contributed by atoms with Crippen molar-refractivity contribution < 1.29 is 14.6 Å². The third kappa shape index (κ3) is 3.23. The van der Waals surface area contributed by atoms with Crippen LogP contribution in [0.15, 0.2) is 42.5 Å². The van der Waals surface area contributed by atoms with Crippen molar-refractivity contribution in [2.24, 2.45) is 0 Å². The summed E-state index contributed by atoms with van der Waals surface area (Å²) < 4.78 is 5.37. The van der Waals surface area contributed by atoms with E-state index in [9.17, 15) is 9.90 Å². The van der Waals surface area contributed by atoms with Gasteiger partial charge in [-0.15, -0.1) is 0 Å². The number of rotatable bonds is 4. The number of hydrogen-bond donors (Lipinski definition) is 1. The second-order valence-corrected chi connectivity index (χ2v) is 5.37. The summed E-state index contributed by atoms with van der Waals surface area (Å²) in [7, 11) is 0. The molecule has 1 fully saturated rings. The van der Waals surface area contributed by atoms with E-state index >= 15 is 0 Å². The number of hydrogen-bond acceptors (Lipinski definition) is 3. The largest absolute Gasteiger partial charge is 0.481 e. The van der Waals surface area contributed by atoms with Crippen LogP contribution in [0.5, 0.6) is 0 Å². The molecule has 1 unspecified atom stereocenters. The normalized spacial score (nSPS) is 17.7. The Morgan fingerprint density at radius 2 is 1.86 bits per heavy atom. The second-order valence-electron chi connectivity index (χ2n) is 5.37. The van der Waals surface area contributed by atoms with Crippen LogP contribution in [0, 0.1) is 0 Å². The van der Waals surface area contributed by atoms with Crippen LogP contribution in [-0.2, 0) is 9.53 Å². The molecule has 1 aliphatic rings. The van der Waals surface area contributed by atoms with E-state index in [1.807, 2.05) is 18.2 Å². The van der Waals surface area contributed by atoms with Gasteiger partial charge < -0.3 is 9.84 Å². The Balaban J connectivity index is 1.94. The molecule has 1 heterocycles. The maximum absolute atomic E-state index is 11.2. The molecule has 1 N–H and O–H groups in total. The molecular formula is C17H19NO3. The molecular weight excluding hydrogens is 266 g/mol. The van der Waals surface area contributed by atoms with Gasteiger partial charge in [-0.05, 0) is 22.4 Å². The lowest BCUT2D eigenvalue weighted by Crippen LogP contribution is -2.39. The number of carboxylic acids is 1. The average molecular weight is 285 g/mol. The van der Waals surface area contributed by atoms with Crippen molar-refractivity contribution >= 4 is 16.7 Å². The van der Waals surface area contributed by atoms with Crippen molar-refractivity contribution in [2.45, 2.75) is 12.5 Å². The topological polar surface area (TPSA) is 49.8 Å². The van der Waals surface area contributed by atoms with Crippen molar-refractivity contribution in [3.8, 4) is 0 Å². The zero-order valence-electron chi connectivity index (χ0n) is 11.9. The highest BCUT2D eigenvalue weighted by molar-refractivity contribution is 5.83. The summed E-state index contributed by atoms with van der Waals surface area (Å²) in [5.41, 5.74) is 1.07. The monoisotopic (exact) mass is 285 g/mol. The van der Waals surface area contributed by atoms with Gasteiger partial charge in [0.05, 0.1) is 19.6 Å². The molecule has 1 saturated heterocycles. The smallest absolute Gasteiger partial charge is 0.305 e. The first kappa shape index (κ1) is 14.0. The van der Waals surface area contributed by atoms with Crippen LogP contribution in [0.25, 0.3) is 10.8 Å². The minimum atomic E-state index is -0.764. The SMILES string of the molecule is O=C(O)CC(c1ccc2ccccc2c1)N1CCOCC1. The molecule has 0 saturated carbocycles. The van der Waals surface area contributed by atoms with E-state index < -0.39 is 5.97 Å². The zero-order chi connectivity index (χ0) is 14.7. The molecule has 21 heavy (non-hydrogen) atoms. The van der Waals surface area contributed by atoms with Gasteiger partial charge in [0.25, 0.3) is 0 Å². The van der Waals surface area contributed by atoms with Gasteiger partial charge in [0.2, 0.25) is 0 Å². The van der Waals surface area contributed by atoms with E-state index in [1.165, 1.54) is 5.39 Å². The third-order valence-electron chi connectivity index (χ3n) is 4.01. The molecule has 0 aliphatic carbocycles. The average Bonchev–Trinajstić information content (AvgIpc) is 2.53. The van der Waals surface area contributed by atoms with Crippen molar-refractivity contribution in [3.05, 3.63) is 48.0 Å². The second kappa shape index (κ2) is 6.24. The predicted octanol–water partition coefficient (Wildman–Crippen LogP) is 2.69. The Morgan fingerprint density at radius 1 is 1.14 bits per heavy atom. The Bertz CT molecular complexity index is 635. The minimum Gasteiger partial charge on any atom is -0.481 e. The van der Waals surface area contributed by atoms with Gasteiger partial charge in [0, 0.05) is 19.1 Å². The molecule has 3 rings (SSSR count). The van der Waals surface area contributed by atoms with Crippen molar-refractivity contribution in [3.63, 3.8) is 0 Å². The first-order valence-corrected chi connectivity index (χ1v) is 7.26. The number of carboxylic acid groups (broad SMARTS) is 1. The fraction of sp³-hybridized carbons (Fsp3) is 0.353. The zero-order valence-corrected chi connectivity index (χ0v) is 11.9. The molecule has 0 bridgehead atoms. The van der Waals surface area contributed by atoms with Crippen LogP contribution >= 0.6 is 0 Å². The highest BCUT2D eigenvalue weighted by Gasteiger charge is 2.25. The summed E-state index contributed by atoms with van der Waals surface area (Å²) in [6.45, 7) is 2.91. The highest BCUT2D eigenvalue weighted by atomic mass is 16.5. The van der Waals surface area contributed by atoms with Crippen molar-refractivity contribution in [2.75, 3.05) is 26.3 Å². The molecule has 4 heteroatoms. The Morgan fingerprint density at radius 3 is 2.57 bits per heavy atom. The summed E-state index contributed by atoms with van der Waals surface area (Å²) >= 11 is 0. The summed E-state index contributed by atoms with van der Waals surface area (Å²) in [6.07, 6.45) is 0.123. The standard InChI is InChI=1S/C17H19NO3/c19-17(20)12-16(18-7-9-21-10-8-18)15-6-5-13-3-1-2-4-14(13)11-15/h1-6,11,16H,7-10,12H2,(H,19,20). The maximum atomic E-state index is 11.2. The Labute approximate surface area is 123 Å². The molecule has 110 valence electrons. The van der Waals surface area contributed by atoms with Gasteiger partial charge >= 0.3 is 5.97 Å². The first-order chi connectivity index (χ1) is 10.2. The number of ether oxygens (including phenoxy) is 1. The van der Waals surface area contributed by atoms with E-state index in [0.717, 1.165) is 24.0 Å². The number of nitrogens with zero attached hydrogens (tertiary/aromatic N) is 1. The molecule has 0 radical (unpaired) electrons. The fourth-order valence-corrected chi connectivity index (χ4v) is 2.93. The van der Waals surface area contributed by atoms with Crippen molar-refractivity contribution in [1.29, 1.82) is 0 Å². The highest BCUT2D eigenvalue weighted by Crippen LogP contribution is 2.28. The van der Waals surface area contributed by atoms with Crippen molar-refractivity contribution in [1.82, 2.24) is 4.90 Å². The van der Waals surface area contributed by atoms with Crippen LogP contribution in [0.3, 0.4) is 0 Å². The van der Waals surface area contributed by atoms with Crippen LogP contribution in [-0.4, -0.2) is 42.3 Å². The minimum absolute atomic E-state index is 0.0870. The Hall–Kier alpha value is -1.91. The van der Waals surface area contributed by atoms with Gasteiger partial charge in [-0.25, -0.2) is 0 Å². The van der Waals surface area contributed by atoms with Crippen LogP contribution in [0.4, 0.5) is 0 Å². The van der Waals surface area contributed by atoms with E-state index in [0.29, 0.717) is 13.2 Å². The van der Waals surface area contributed by atoms with Crippen LogP contribution in [0.1, 0.15) is 18.0 Å². The third-order valence-corrected chi connectivity index (χ3v) is 4.01. The van der Waals surface area contributed by atoms with Gasteiger partial charge in [-0.1, -0.05) is 36.4 Å². The van der Waals surface area contributed by atoms with E-state index in [1.54, 1.807) is 0 Å². The lowest BCUT2D eigenvalue weighted by atomic mass is 9.98. The van der Waals surface area contributed by atoms with Crippen LogP contribution in [0.2, 0.25) is 0 Å². The number of benzene rings is 2. The number of aliphatic carboxylic acids is 1. The Kier molecular flexibility index (Phi) is 4.18. The lowest BCUT2D eigenvalue weighted by Gasteiger charge is -2.34. The summed E-state index contributed by atoms with van der Waals surface area (Å²) in [5, 5.41) is 11.6. The van der Waals surface area contributed by atoms with E-state index in [4.69, 9.17) is 4.74 Å². The molecule has 2 aromatic carbocycles. The van der Waals surface area contributed by atoms with E-state index in [2.05, 4.69) is 29.2 Å². The molecule has 1 atom stereocenters. The van der Waals surface area contributed by atoms with Gasteiger partial charge in [0.1, 0.15) is 0 Å². The molecule has 0 amide bonds. The van der Waals surface area contributed by atoms with Gasteiger partial charge in [-0.3, -0.25) is 9.69 Å².